The summed E-state index contributed by atoms with van der Waals surface area (Å²) in [6.45, 7) is 2.01. The second kappa shape index (κ2) is 10.5. The maximum atomic E-state index is 13.5. The number of carbonyl (C=O) groups excluding carboxylic acids is 1. The number of benzene rings is 3. The van der Waals surface area contributed by atoms with Crippen molar-refractivity contribution >= 4 is 33.2 Å². The number of amides is 1. The van der Waals surface area contributed by atoms with Crippen LogP contribution in [0.5, 0.6) is 0 Å². The van der Waals surface area contributed by atoms with Crippen molar-refractivity contribution in [1.82, 2.24) is 9.62 Å². The molecule has 3 aromatic rings. The van der Waals surface area contributed by atoms with Gasteiger partial charge in [-0.25, -0.2) is 12.8 Å². The van der Waals surface area contributed by atoms with Crippen LogP contribution in [0.25, 0.3) is 0 Å². The third-order valence-electron chi connectivity index (χ3n) is 5.79. The minimum Gasteiger partial charge on any atom is -0.368 e. The predicted octanol–water partition coefficient (Wildman–Crippen LogP) is 3.72. The fourth-order valence-corrected chi connectivity index (χ4v) is 5.27. The number of sulfonamides is 1. The number of piperazine rings is 1. The van der Waals surface area contributed by atoms with Crippen LogP contribution >= 0.6 is 11.6 Å². The first-order chi connectivity index (χ1) is 16.3. The Labute approximate surface area is 204 Å². The number of rotatable bonds is 7. The van der Waals surface area contributed by atoms with Crippen LogP contribution in [0.2, 0.25) is 5.02 Å². The Hall–Kier alpha value is -2.94. The zero-order valence-electron chi connectivity index (χ0n) is 18.4. The van der Waals surface area contributed by atoms with Gasteiger partial charge in [0.2, 0.25) is 15.9 Å². The van der Waals surface area contributed by atoms with Crippen molar-refractivity contribution in [3.8, 4) is 0 Å². The largest absolute Gasteiger partial charge is 0.368 e. The number of nitrogens with zero attached hydrogens (tertiary/aromatic N) is 2. The van der Waals surface area contributed by atoms with Crippen molar-refractivity contribution in [1.29, 1.82) is 0 Å². The molecule has 34 heavy (non-hydrogen) atoms. The van der Waals surface area contributed by atoms with Gasteiger partial charge in [-0.05, 0) is 60.5 Å². The van der Waals surface area contributed by atoms with E-state index in [1.54, 1.807) is 17.0 Å². The van der Waals surface area contributed by atoms with Gasteiger partial charge >= 0.3 is 0 Å². The van der Waals surface area contributed by atoms with Crippen LogP contribution in [-0.4, -0.2) is 51.4 Å². The molecule has 0 aliphatic carbocycles. The lowest BCUT2D eigenvalue weighted by Gasteiger charge is -2.37. The summed E-state index contributed by atoms with van der Waals surface area (Å²) in [4.78, 5) is 17.3. The topological polar surface area (TPSA) is 69.7 Å². The Kier molecular flexibility index (Phi) is 7.50. The Morgan fingerprint density at radius 1 is 0.912 bits per heavy atom. The van der Waals surface area contributed by atoms with Gasteiger partial charge < -0.3 is 9.80 Å². The first-order valence-electron chi connectivity index (χ1n) is 10.9. The number of nitrogens with one attached hydrogen (secondary N) is 1. The molecule has 1 N–H and O–H groups in total. The van der Waals surface area contributed by atoms with E-state index in [0.717, 1.165) is 11.3 Å². The maximum Gasteiger partial charge on any atom is 0.241 e. The van der Waals surface area contributed by atoms with Crippen molar-refractivity contribution in [2.45, 2.75) is 17.4 Å². The quantitative estimate of drug-likeness (QED) is 0.536. The summed E-state index contributed by atoms with van der Waals surface area (Å²) < 4.78 is 41.9. The highest BCUT2D eigenvalue weighted by atomic mass is 35.5. The highest BCUT2D eigenvalue weighted by Crippen LogP contribution is 2.19. The molecular weight excluding hydrogens is 477 g/mol. The monoisotopic (exact) mass is 501 g/mol. The van der Waals surface area contributed by atoms with Crippen LogP contribution < -0.4 is 9.62 Å². The van der Waals surface area contributed by atoms with E-state index in [0.29, 0.717) is 31.2 Å². The summed E-state index contributed by atoms with van der Waals surface area (Å²) in [6, 6.07) is 20.4. The SMILES string of the molecule is O=C([C@@H](Cc1ccccc1)NS(=O)(=O)c1ccc(Cl)cc1)N1CCN(c2ccc(F)cc2)CC1. The van der Waals surface area contributed by atoms with Crippen LogP contribution in [0.1, 0.15) is 5.56 Å². The Morgan fingerprint density at radius 2 is 1.53 bits per heavy atom. The first-order valence-corrected chi connectivity index (χ1v) is 12.8. The van der Waals surface area contributed by atoms with E-state index in [1.165, 1.54) is 36.4 Å². The standard InChI is InChI=1S/C25H25ClFN3O3S/c26-20-6-12-23(13-7-20)34(32,33)28-24(18-19-4-2-1-3-5-19)25(31)30-16-14-29(15-17-30)22-10-8-21(27)9-11-22/h1-13,24,28H,14-18H2/t24-/m1/s1. The lowest BCUT2D eigenvalue weighted by Crippen LogP contribution is -2.55. The van der Waals surface area contributed by atoms with Gasteiger partial charge in [0.1, 0.15) is 11.9 Å². The average Bonchev–Trinajstić information content (AvgIpc) is 2.84. The van der Waals surface area contributed by atoms with Gasteiger partial charge in [0, 0.05) is 36.9 Å². The summed E-state index contributed by atoms with van der Waals surface area (Å²) in [5.74, 6) is -0.575. The van der Waals surface area contributed by atoms with Crippen LogP contribution in [0.3, 0.4) is 0 Å². The van der Waals surface area contributed by atoms with Gasteiger partial charge in [-0.15, -0.1) is 0 Å². The van der Waals surface area contributed by atoms with E-state index >= 15 is 0 Å². The van der Waals surface area contributed by atoms with Gasteiger partial charge in [-0.1, -0.05) is 41.9 Å². The number of halogens is 2. The normalized spacial score (nSPS) is 15.2. The molecule has 178 valence electrons. The number of hydrogen-bond donors (Lipinski definition) is 1. The van der Waals surface area contributed by atoms with E-state index < -0.39 is 16.1 Å². The van der Waals surface area contributed by atoms with Crippen LogP contribution in [0.4, 0.5) is 10.1 Å². The molecule has 1 atom stereocenters. The molecule has 1 fully saturated rings. The minimum absolute atomic E-state index is 0.0453. The Morgan fingerprint density at radius 3 is 2.15 bits per heavy atom. The molecule has 9 heteroatoms. The third-order valence-corrected chi connectivity index (χ3v) is 7.52. The molecule has 0 spiro atoms. The zero-order chi connectivity index (χ0) is 24.1. The maximum absolute atomic E-state index is 13.5. The van der Waals surface area contributed by atoms with Crippen molar-refractivity contribution in [3.05, 3.63) is 95.3 Å². The lowest BCUT2D eigenvalue weighted by atomic mass is 10.1. The molecule has 1 amide bonds. The summed E-state index contributed by atoms with van der Waals surface area (Å²) in [6.07, 6.45) is 0.227. The van der Waals surface area contributed by atoms with E-state index in [1.807, 2.05) is 30.3 Å². The zero-order valence-corrected chi connectivity index (χ0v) is 20.0. The van der Waals surface area contributed by atoms with Gasteiger partial charge in [0.15, 0.2) is 0 Å². The summed E-state index contributed by atoms with van der Waals surface area (Å²) in [7, 11) is -3.94. The summed E-state index contributed by atoms with van der Waals surface area (Å²) in [5, 5.41) is 0.426. The fourth-order valence-electron chi connectivity index (χ4n) is 3.96. The van der Waals surface area contributed by atoms with Gasteiger partial charge in [-0.2, -0.15) is 4.72 Å². The smallest absolute Gasteiger partial charge is 0.241 e. The van der Waals surface area contributed by atoms with E-state index in [2.05, 4.69) is 9.62 Å². The van der Waals surface area contributed by atoms with Gasteiger partial charge in [0.05, 0.1) is 4.90 Å². The molecule has 3 aromatic carbocycles. The molecule has 0 unspecified atom stereocenters. The molecule has 1 heterocycles. The number of carbonyl (C=O) groups is 1. The van der Waals surface area contributed by atoms with Crippen molar-refractivity contribution < 1.29 is 17.6 Å². The number of anilines is 1. The molecule has 4 rings (SSSR count). The molecule has 0 radical (unpaired) electrons. The summed E-state index contributed by atoms with van der Waals surface area (Å²) >= 11 is 5.89. The van der Waals surface area contributed by atoms with E-state index in [-0.39, 0.29) is 23.0 Å². The second-order valence-corrected chi connectivity index (χ2v) is 10.3. The van der Waals surface area contributed by atoms with Gasteiger partial charge in [-0.3, -0.25) is 4.79 Å². The summed E-state index contributed by atoms with van der Waals surface area (Å²) in [5.41, 5.74) is 1.74. The number of hydrogen-bond acceptors (Lipinski definition) is 4. The van der Waals surface area contributed by atoms with Crippen molar-refractivity contribution in [2.24, 2.45) is 0 Å². The second-order valence-electron chi connectivity index (χ2n) is 8.11. The van der Waals surface area contributed by atoms with Crippen molar-refractivity contribution in [2.75, 3.05) is 31.1 Å². The van der Waals surface area contributed by atoms with Crippen LogP contribution in [0.15, 0.2) is 83.8 Å². The highest BCUT2D eigenvalue weighted by molar-refractivity contribution is 7.89. The first kappa shape index (κ1) is 24.2. The molecule has 0 bridgehead atoms. The Balaban J connectivity index is 1.50. The van der Waals surface area contributed by atoms with E-state index in [4.69, 9.17) is 11.6 Å². The average molecular weight is 502 g/mol. The molecule has 1 aliphatic heterocycles. The third kappa shape index (κ3) is 5.94. The molecule has 0 saturated carbocycles. The lowest BCUT2D eigenvalue weighted by molar-refractivity contribution is -0.133. The fraction of sp³-hybridized carbons (Fsp3) is 0.240. The van der Waals surface area contributed by atoms with E-state index in [9.17, 15) is 17.6 Å². The molecule has 6 nitrogen and oxygen atoms in total. The molecule has 1 saturated heterocycles. The van der Waals surface area contributed by atoms with Crippen LogP contribution in [-0.2, 0) is 21.2 Å². The molecule has 0 aromatic heterocycles. The van der Waals surface area contributed by atoms with Crippen molar-refractivity contribution in [3.63, 3.8) is 0 Å². The minimum atomic E-state index is -3.94. The molecular formula is C25H25ClFN3O3S. The van der Waals surface area contributed by atoms with Crippen LogP contribution in [0, 0.1) is 5.82 Å². The highest BCUT2D eigenvalue weighted by Gasteiger charge is 2.31. The predicted molar refractivity (Wildman–Crippen MR) is 131 cm³/mol. The van der Waals surface area contributed by atoms with Gasteiger partial charge in [0.25, 0.3) is 0 Å². The molecule has 1 aliphatic rings. The Bertz CT molecular complexity index is 1210.